The van der Waals surface area contributed by atoms with Crippen molar-refractivity contribution in [3.05, 3.63) is 60.7 Å². The zero-order valence-electron chi connectivity index (χ0n) is 19.7. The van der Waals surface area contributed by atoms with Gasteiger partial charge >= 0.3 is 0 Å². The van der Waals surface area contributed by atoms with Gasteiger partial charge < -0.3 is 9.74 Å². The summed E-state index contributed by atoms with van der Waals surface area (Å²) in [5.41, 5.74) is 0. The van der Waals surface area contributed by atoms with Crippen molar-refractivity contribution in [1.82, 2.24) is 5.32 Å². The molecule has 4 heteroatoms. The van der Waals surface area contributed by atoms with Gasteiger partial charge in [-0.1, -0.05) is 102 Å². The van der Waals surface area contributed by atoms with E-state index in [-0.39, 0.29) is 17.0 Å². The summed E-state index contributed by atoms with van der Waals surface area (Å²) in [7, 11) is -2.51. The lowest BCUT2D eigenvalue weighted by atomic mass is 9.94. The number of rotatable bonds is 9. The maximum atomic E-state index is 11.6. The average Bonchev–Trinajstić information content (AvgIpc) is 2.68. The Morgan fingerprint density at radius 1 is 0.933 bits per heavy atom. The normalized spacial score (nSPS) is 14.4. The molecule has 0 aliphatic rings. The molecule has 2 aromatic rings. The van der Waals surface area contributed by atoms with Crippen LogP contribution >= 0.6 is 0 Å². The lowest BCUT2D eigenvalue weighted by molar-refractivity contribution is -0.120. The van der Waals surface area contributed by atoms with Crippen LogP contribution in [0.3, 0.4) is 0 Å². The fourth-order valence-electron chi connectivity index (χ4n) is 4.29. The molecular weight excluding hydrogens is 386 g/mol. The van der Waals surface area contributed by atoms with Gasteiger partial charge in [-0.25, -0.2) is 0 Å². The highest BCUT2D eigenvalue weighted by molar-refractivity contribution is 6.99. The molecule has 2 aromatic carbocycles. The average molecular weight is 426 g/mol. The van der Waals surface area contributed by atoms with Crippen LogP contribution in [0, 0.1) is 11.8 Å². The van der Waals surface area contributed by atoms with Crippen molar-refractivity contribution in [2.24, 2.45) is 11.8 Å². The first-order chi connectivity index (χ1) is 14.1. The van der Waals surface area contributed by atoms with Gasteiger partial charge in [0.2, 0.25) is 5.91 Å². The van der Waals surface area contributed by atoms with Gasteiger partial charge in [0.05, 0.1) is 0 Å². The van der Waals surface area contributed by atoms with Gasteiger partial charge in [-0.2, -0.15) is 0 Å². The van der Waals surface area contributed by atoms with Crippen molar-refractivity contribution in [2.45, 2.75) is 66.0 Å². The Morgan fingerprint density at radius 2 is 1.40 bits per heavy atom. The van der Waals surface area contributed by atoms with E-state index in [4.69, 9.17) is 4.43 Å². The molecule has 0 saturated heterocycles. The van der Waals surface area contributed by atoms with Crippen molar-refractivity contribution < 1.29 is 9.22 Å². The molecule has 164 valence electrons. The number of carbonyl (C=O) groups is 1. The minimum absolute atomic E-state index is 0.0233. The Kier molecular flexibility index (Phi) is 8.45. The Bertz CT molecular complexity index is 744. The van der Waals surface area contributed by atoms with Crippen molar-refractivity contribution in [3.63, 3.8) is 0 Å². The molecule has 0 aliphatic heterocycles. The van der Waals surface area contributed by atoms with Crippen LogP contribution in [0.25, 0.3) is 0 Å². The molecule has 0 bridgehead atoms. The Hall–Kier alpha value is -1.91. The minimum Gasteiger partial charge on any atom is -0.407 e. The summed E-state index contributed by atoms with van der Waals surface area (Å²) in [5.74, 6) is 0.768. The maximum absolute atomic E-state index is 11.6. The summed E-state index contributed by atoms with van der Waals surface area (Å²) >= 11 is 0. The van der Waals surface area contributed by atoms with E-state index in [1.54, 1.807) is 6.92 Å². The lowest BCUT2D eigenvalue weighted by Gasteiger charge is -2.43. The zero-order valence-corrected chi connectivity index (χ0v) is 20.7. The summed E-state index contributed by atoms with van der Waals surface area (Å²) in [6, 6.07) is 21.7. The van der Waals surface area contributed by atoms with Gasteiger partial charge in [0.25, 0.3) is 8.32 Å². The second-order valence-electron chi connectivity index (χ2n) is 9.87. The van der Waals surface area contributed by atoms with E-state index in [1.807, 2.05) is 0 Å². The molecule has 2 rings (SSSR count). The van der Waals surface area contributed by atoms with Crippen LogP contribution in [0.2, 0.25) is 5.04 Å². The highest BCUT2D eigenvalue weighted by Gasteiger charge is 2.50. The molecule has 2 atom stereocenters. The van der Waals surface area contributed by atoms with Gasteiger partial charge in [0.1, 0.15) is 0 Å². The monoisotopic (exact) mass is 425 g/mol. The van der Waals surface area contributed by atoms with E-state index >= 15 is 0 Å². The maximum Gasteiger partial charge on any atom is 0.261 e. The SMILES string of the molecule is CC(=O)N[C@H](C[C@H](C)CO[Si](c1ccccc1)(c1ccccc1)C(C)(C)C)C(C)C. The number of hydrogen-bond donors (Lipinski definition) is 1. The number of nitrogens with one attached hydrogen (secondary N) is 1. The fraction of sp³-hybridized carbons (Fsp3) is 0.500. The van der Waals surface area contributed by atoms with Crippen LogP contribution in [-0.2, 0) is 9.22 Å². The fourth-order valence-corrected chi connectivity index (χ4v) is 8.98. The van der Waals surface area contributed by atoms with Crippen LogP contribution in [-0.4, -0.2) is 26.9 Å². The molecule has 30 heavy (non-hydrogen) atoms. The first kappa shape index (κ1) is 24.4. The van der Waals surface area contributed by atoms with Crippen molar-refractivity contribution in [2.75, 3.05) is 6.61 Å². The van der Waals surface area contributed by atoms with E-state index in [0.717, 1.165) is 6.42 Å². The van der Waals surface area contributed by atoms with Crippen LogP contribution in [0.4, 0.5) is 0 Å². The molecule has 0 heterocycles. The first-order valence-corrected chi connectivity index (χ1v) is 13.0. The highest BCUT2D eigenvalue weighted by Crippen LogP contribution is 2.37. The number of benzene rings is 2. The standard InChI is InChI=1S/C26H39NO2Si/c1-20(2)25(27-22(4)28)18-21(3)19-29-30(26(5,6)7,23-14-10-8-11-15-23)24-16-12-9-13-17-24/h8-17,20-21,25H,18-19H2,1-7H3,(H,27,28)/t21-,25+/m0/s1. The van der Waals surface area contributed by atoms with Crippen molar-refractivity contribution in [1.29, 1.82) is 0 Å². The van der Waals surface area contributed by atoms with Crippen molar-refractivity contribution >= 4 is 24.6 Å². The van der Waals surface area contributed by atoms with E-state index in [0.29, 0.717) is 18.4 Å². The molecule has 0 radical (unpaired) electrons. The van der Waals surface area contributed by atoms with E-state index in [1.165, 1.54) is 10.4 Å². The second kappa shape index (κ2) is 10.4. The smallest absolute Gasteiger partial charge is 0.261 e. The molecule has 0 aliphatic carbocycles. The van der Waals surface area contributed by atoms with Gasteiger partial charge in [0, 0.05) is 19.6 Å². The minimum atomic E-state index is -2.51. The van der Waals surface area contributed by atoms with Crippen LogP contribution in [0.1, 0.15) is 54.9 Å². The molecule has 0 saturated carbocycles. The molecule has 0 unspecified atom stereocenters. The molecule has 0 aromatic heterocycles. The zero-order chi connectivity index (χ0) is 22.4. The predicted octanol–water partition coefficient (Wildman–Crippen LogP) is 4.75. The molecule has 0 fully saturated rings. The van der Waals surface area contributed by atoms with Crippen LogP contribution < -0.4 is 15.7 Å². The van der Waals surface area contributed by atoms with Crippen LogP contribution in [0.5, 0.6) is 0 Å². The number of carbonyl (C=O) groups excluding carboxylic acids is 1. The first-order valence-electron chi connectivity index (χ1n) is 11.1. The third-order valence-corrected chi connectivity index (χ3v) is 10.9. The second-order valence-corrected chi connectivity index (χ2v) is 14.2. The number of amides is 1. The summed E-state index contributed by atoms with van der Waals surface area (Å²) in [6.45, 7) is 15.7. The quantitative estimate of drug-likeness (QED) is 0.589. The van der Waals surface area contributed by atoms with Gasteiger partial charge in [-0.15, -0.1) is 0 Å². The topological polar surface area (TPSA) is 38.3 Å². The molecule has 0 spiro atoms. The Labute approximate surface area is 184 Å². The number of hydrogen-bond acceptors (Lipinski definition) is 2. The summed E-state index contributed by atoms with van der Waals surface area (Å²) < 4.78 is 7.04. The molecule has 1 amide bonds. The molecule has 3 nitrogen and oxygen atoms in total. The van der Waals surface area contributed by atoms with Gasteiger partial charge in [-0.05, 0) is 33.7 Å². The van der Waals surface area contributed by atoms with Gasteiger partial charge in [0.15, 0.2) is 0 Å². The van der Waals surface area contributed by atoms with Crippen molar-refractivity contribution in [3.8, 4) is 0 Å². The summed E-state index contributed by atoms with van der Waals surface area (Å²) in [4.78, 5) is 11.6. The Balaban J connectivity index is 2.36. The third kappa shape index (κ3) is 5.83. The molecule has 1 N–H and O–H groups in total. The third-order valence-electron chi connectivity index (χ3n) is 5.85. The van der Waals surface area contributed by atoms with Gasteiger partial charge in [-0.3, -0.25) is 4.79 Å². The molecular formula is C26H39NO2Si. The van der Waals surface area contributed by atoms with E-state index in [2.05, 4.69) is 108 Å². The predicted molar refractivity (Wildman–Crippen MR) is 130 cm³/mol. The highest BCUT2D eigenvalue weighted by atomic mass is 28.4. The largest absolute Gasteiger partial charge is 0.407 e. The summed E-state index contributed by atoms with van der Waals surface area (Å²) in [6.07, 6.45) is 0.912. The van der Waals surface area contributed by atoms with E-state index in [9.17, 15) is 4.79 Å². The van der Waals surface area contributed by atoms with Crippen LogP contribution in [0.15, 0.2) is 60.7 Å². The lowest BCUT2D eigenvalue weighted by Crippen LogP contribution is -2.66. The Morgan fingerprint density at radius 3 is 1.77 bits per heavy atom. The summed E-state index contributed by atoms with van der Waals surface area (Å²) in [5, 5.41) is 5.70. The van der Waals surface area contributed by atoms with E-state index < -0.39 is 8.32 Å².